The van der Waals surface area contributed by atoms with Crippen LogP contribution in [0.1, 0.15) is 56.3 Å². The minimum atomic E-state index is -0.608. The van der Waals surface area contributed by atoms with E-state index >= 15 is 0 Å². The van der Waals surface area contributed by atoms with Crippen molar-refractivity contribution < 1.29 is 14.3 Å². The van der Waals surface area contributed by atoms with E-state index in [-0.39, 0.29) is 11.7 Å². The smallest absolute Gasteiger partial charge is 0.267 e. The highest BCUT2D eigenvalue weighted by molar-refractivity contribution is 6.50. The van der Waals surface area contributed by atoms with Gasteiger partial charge in [0.1, 0.15) is 0 Å². The lowest BCUT2D eigenvalue weighted by molar-refractivity contribution is -0.134. The van der Waals surface area contributed by atoms with E-state index in [1.54, 1.807) is 0 Å². The topological polar surface area (TPSA) is 43.4 Å². The summed E-state index contributed by atoms with van der Waals surface area (Å²) < 4.78 is 5.69. The first-order chi connectivity index (χ1) is 19.3. The van der Waals surface area contributed by atoms with E-state index in [2.05, 4.69) is 62.4 Å². The molecule has 1 aliphatic rings. The van der Waals surface area contributed by atoms with E-state index in [0.717, 1.165) is 44.5 Å². The summed E-state index contributed by atoms with van der Waals surface area (Å²) in [6.07, 6.45) is 1.91. The standard InChI is InChI=1S/C37H34O3/c1-23-6-14-27(15-7-23)33(28-16-8-24(2)9-17-28)31-22-32(37(40-5)36(39)35(31)38)34(29-18-10-25(3)11-19-29)30-20-12-26(4)13-21-30/h6-22,33-34H,1-5H3. The molecule has 0 heterocycles. The van der Waals surface area contributed by atoms with Gasteiger partial charge >= 0.3 is 0 Å². The SMILES string of the molecule is COC1=C(C(c2ccc(C)cc2)c2ccc(C)cc2)C=C(C(c2ccc(C)cc2)c2ccc(C)cc2)C(=O)C1=O. The molecule has 0 aliphatic heterocycles. The summed E-state index contributed by atoms with van der Waals surface area (Å²) in [5, 5.41) is 0. The summed E-state index contributed by atoms with van der Waals surface area (Å²) >= 11 is 0. The fourth-order valence-electron chi connectivity index (χ4n) is 5.44. The number of hydrogen-bond acceptors (Lipinski definition) is 3. The minimum Gasteiger partial charge on any atom is -0.492 e. The number of Topliss-reactive ketones (excluding diaryl/α,β-unsaturated/α-hetero) is 2. The van der Waals surface area contributed by atoms with E-state index in [0.29, 0.717) is 11.1 Å². The van der Waals surface area contributed by atoms with Gasteiger partial charge in [-0.25, -0.2) is 0 Å². The van der Waals surface area contributed by atoms with Gasteiger partial charge in [-0.15, -0.1) is 0 Å². The molecule has 0 N–H and O–H groups in total. The van der Waals surface area contributed by atoms with Crippen molar-refractivity contribution in [2.24, 2.45) is 0 Å². The molecule has 4 aromatic carbocycles. The minimum absolute atomic E-state index is 0.103. The number of aryl methyl sites for hydroxylation is 4. The molecule has 0 amide bonds. The number of carbonyl (C=O) groups is 2. The second kappa shape index (κ2) is 11.3. The number of hydrogen-bond donors (Lipinski definition) is 0. The maximum Gasteiger partial charge on any atom is 0.267 e. The van der Waals surface area contributed by atoms with Crippen molar-refractivity contribution in [3.05, 3.63) is 165 Å². The Bertz CT molecular complexity index is 1510. The molecule has 0 saturated heterocycles. The normalized spacial score (nSPS) is 13.7. The van der Waals surface area contributed by atoms with Crippen molar-refractivity contribution in [3.8, 4) is 0 Å². The zero-order valence-electron chi connectivity index (χ0n) is 23.7. The van der Waals surface area contributed by atoms with Crippen LogP contribution < -0.4 is 0 Å². The molecule has 0 saturated carbocycles. The van der Waals surface area contributed by atoms with Crippen LogP contribution in [-0.2, 0) is 14.3 Å². The highest BCUT2D eigenvalue weighted by atomic mass is 16.5. The van der Waals surface area contributed by atoms with Gasteiger partial charge in [-0.3, -0.25) is 9.59 Å². The van der Waals surface area contributed by atoms with Crippen LogP contribution in [0.2, 0.25) is 0 Å². The number of methoxy groups -OCH3 is 1. The van der Waals surface area contributed by atoms with Gasteiger partial charge in [-0.05, 0) is 56.0 Å². The zero-order valence-corrected chi connectivity index (χ0v) is 23.7. The van der Waals surface area contributed by atoms with Crippen LogP contribution >= 0.6 is 0 Å². The Labute approximate surface area is 236 Å². The van der Waals surface area contributed by atoms with E-state index in [1.807, 2.05) is 68.5 Å². The summed E-state index contributed by atoms with van der Waals surface area (Å²) in [4.78, 5) is 27.6. The molecule has 0 aromatic heterocycles. The van der Waals surface area contributed by atoms with Gasteiger partial charge in [-0.2, -0.15) is 0 Å². The fraction of sp³-hybridized carbons (Fsp3) is 0.189. The summed E-state index contributed by atoms with van der Waals surface area (Å²) in [5.41, 5.74) is 9.69. The van der Waals surface area contributed by atoms with Crippen LogP contribution in [0.15, 0.2) is 120 Å². The summed E-state index contributed by atoms with van der Waals surface area (Å²) in [6.45, 7) is 8.19. The van der Waals surface area contributed by atoms with Gasteiger partial charge in [0.2, 0.25) is 5.78 Å². The van der Waals surface area contributed by atoms with E-state index in [1.165, 1.54) is 7.11 Å². The van der Waals surface area contributed by atoms with Gasteiger partial charge in [0.05, 0.1) is 7.11 Å². The lowest BCUT2D eigenvalue weighted by Crippen LogP contribution is -2.29. The molecule has 40 heavy (non-hydrogen) atoms. The van der Waals surface area contributed by atoms with Gasteiger partial charge in [0.15, 0.2) is 5.76 Å². The molecule has 0 radical (unpaired) electrons. The van der Waals surface area contributed by atoms with Crippen LogP contribution in [0.4, 0.5) is 0 Å². The highest BCUT2D eigenvalue weighted by Crippen LogP contribution is 2.42. The lowest BCUT2D eigenvalue weighted by atomic mass is 9.74. The first-order valence-corrected chi connectivity index (χ1v) is 13.6. The monoisotopic (exact) mass is 526 g/mol. The van der Waals surface area contributed by atoms with Gasteiger partial charge in [0, 0.05) is 23.0 Å². The van der Waals surface area contributed by atoms with Crippen LogP contribution in [0.3, 0.4) is 0 Å². The Hall–Kier alpha value is -4.50. The second-order valence-corrected chi connectivity index (χ2v) is 10.8. The predicted octanol–water partition coefficient (Wildman–Crippen LogP) is 7.86. The van der Waals surface area contributed by atoms with Crippen molar-refractivity contribution >= 4 is 11.6 Å². The molecule has 0 unspecified atom stereocenters. The average Bonchev–Trinajstić information content (AvgIpc) is 2.95. The molecule has 200 valence electrons. The lowest BCUT2D eigenvalue weighted by Gasteiger charge is -2.29. The van der Waals surface area contributed by atoms with Crippen LogP contribution in [0.5, 0.6) is 0 Å². The number of benzene rings is 4. The van der Waals surface area contributed by atoms with Crippen molar-refractivity contribution in [1.29, 1.82) is 0 Å². The van der Waals surface area contributed by atoms with Crippen molar-refractivity contribution in [2.75, 3.05) is 7.11 Å². The van der Waals surface area contributed by atoms with Crippen molar-refractivity contribution in [2.45, 2.75) is 39.5 Å². The first-order valence-electron chi connectivity index (χ1n) is 13.6. The molecular formula is C37H34O3. The van der Waals surface area contributed by atoms with Gasteiger partial charge in [-0.1, -0.05) is 119 Å². The Morgan fingerprint density at radius 2 is 0.800 bits per heavy atom. The molecule has 0 atom stereocenters. The Morgan fingerprint density at radius 1 is 0.475 bits per heavy atom. The Kier molecular flexibility index (Phi) is 7.66. The number of carbonyl (C=O) groups excluding carboxylic acids is 2. The maximum absolute atomic E-state index is 13.8. The number of ketones is 2. The highest BCUT2D eigenvalue weighted by Gasteiger charge is 2.38. The molecule has 3 nitrogen and oxygen atoms in total. The van der Waals surface area contributed by atoms with E-state index in [4.69, 9.17) is 4.74 Å². The fourth-order valence-corrected chi connectivity index (χ4v) is 5.44. The van der Waals surface area contributed by atoms with Crippen molar-refractivity contribution in [1.82, 2.24) is 0 Å². The molecule has 0 spiro atoms. The third kappa shape index (κ3) is 5.33. The van der Waals surface area contributed by atoms with Crippen LogP contribution in [-0.4, -0.2) is 18.7 Å². The van der Waals surface area contributed by atoms with Gasteiger partial charge in [0.25, 0.3) is 5.78 Å². The first kappa shape index (κ1) is 27.1. The summed E-state index contributed by atoms with van der Waals surface area (Å²) in [7, 11) is 1.47. The maximum atomic E-state index is 13.8. The molecule has 3 heteroatoms. The third-order valence-electron chi connectivity index (χ3n) is 7.72. The van der Waals surface area contributed by atoms with E-state index in [9.17, 15) is 9.59 Å². The molecule has 0 fully saturated rings. The zero-order chi connectivity index (χ0) is 28.4. The quantitative estimate of drug-likeness (QED) is 0.182. The Balaban J connectivity index is 1.76. The van der Waals surface area contributed by atoms with Crippen LogP contribution in [0.25, 0.3) is 0 Å². The average molecular weight is 527 g/mol. The number of ether oxygens (including phenoxy) is 1. The number of rotatable bonds is 7. The summed E-state index contributed by atoms with van der Waals surface area (Å²) in [6, 6.07) is 33.0. The van der Waals surface area contributed by atoms with Gasteiger partial charge < -0.3 is 4.74 Å². The largest absolute Gasteiger partial charge is 0.492 e. The molecule has 1 aliphatic carbocycles. The molecule has 4 aromatic rings. The van der Waals surface area contributed by atoms with E-state index < -0.39 is 17.5 Å². The molecular weight excluding hydrogens is 492 g/mol. The molecule has 5 rings (SSSR count). The van der Waals surface area contributed by atoms with Crippen LogP contribution in [0, 0.1) is 27.7 Å². The Morgan fingerprint density at radius 3 is 1.12 bits per heavy atom. The molecule has 0 bridgehead atoms. The third-order valence-corrected chi connectivity index (χ3v) is 7.72. The van der Waals surface area contributed by atoms with Crippen molar-refractivity contribution in [3.63, 3.8) is 0 Å². The summed E-state index contributed by atoms with van der Waals surface area (Å²) in [5.74, 6) is -1.73. The predicted molar refractivity (Wildman–Crippen MR) is 161 cm³/mol. The number of allylic oxidation sites excluding steroid dienone is 4. The second-order valence-electron chi connectivity index (χ2n) is 10.8.